The van der Waals surface area contributed by atoms with Crippen LogP contribution >= 0.6 is 0 Å². The number of alkyl halides is 3. The largest absolute Gasteiger partial charge is 0.417 e. The van der Waals surface area contributed by atoms with Crippen LogP contribution in [0.5, 0.6) is 0 Å². The molecule has 1 aromatic heterocycles. The second kappa shape index (κ2) is 9.26. The SMILES string of the molecule is O=C(c1ccc(CN2CCCCC2)cc1)N1CCN(c2ccc(C(F)(F)F)cn2)CC1. The van der Waals surface area contributed by atoms with Gasteiger partial charge in [0.2, 0.25) is 0 Å². The van der Waals surface area contributed by atoms with Crippen molar-refractivity contribution in [3.63, 3.8) is 0 Å². The van der Waals surface area contributed by atoms with Gasteiger partial charge in [0.15, 0.2) is 0 Å². The maximum Gasteiger partial charge on any atom is 0.417 e. The summed E-state index contributed by atoms with van der Waals surface area (Å²) in [6.07, 6.45) is 0.291. The first-order chi connectivity index (χ1) is 14.9. The Morgan fingerprint density at radius 1 is 0.871 bits per heavy atom. The van der Waals surface area contributed by atoms with E-state index in [0.717, 1.165) is 31.9 Å². The van der Waals surface area contributed by atoms with E-state index in [9.17, 15) is 18.0 Å². The van der Waals surface area contributed by atoms with Crippen molar-refractivity contribution < 1.29 is 18.0 Å². The summed E-state index contributed by atoms with van der Waals surface area (Å²) in [5, 5.41) is 0. The molecule has 0 saturated carbocycles. The third kappa shape index (κ3) is 5.36. The standard InChI is InChI=1S/C23H27F3N4O/c24-23(25,26)20-8-9-21(27-16-20)29-12-14-30(15-13-29)22(31)19-6-4-18(5-7-19)17-28-10-2-1-3-11-28/h4-9,16H,1-3,10-15,17H2. The molecular formula is C23H27F3N4O. The number of halogens is 3. The van der Waals surface area contributed by atoms with Crippen LogP contribution in [0, 0.1) is 0 Å². The van der Waals surface area contributed by atoms with Crippen molar-refractivity contribution in [1.82, 2.24) is 14.8 Å². The number of piperidine rings is 1. The molecule has 0 bridgehead atoms. The Hall–Kier alpha value is -2.61. The molecule has 5 nitrogen and oxygen atoms in total. The van der Waals surface area contributed by atoms with Crippen molar-refractivity contribution in [2.75, 3.05) is 44.2 Å². The summed E-state index contributed by atoms with van der Waals surface area (Å²) in [5.41, 5.74) is 1.13. The first kappa shape index (κ1) is 21.6. The molecule has 0 N–H and O–H groups in total. The molecule has 2 aliphatic rings. The smallest absolute Gasteiger partial charge is 0.353 e. The van der Waals surface area contributed by atoms with Gasteiger partial charge >= 0.3 is 6.18 Å². The zero-order valence-corrected chi connectivity index (χ0v) is 17.4. The molecule has 0 atom stereocenters. The zero-order valence-electron chi connectivity index (χ0n) is 17.4. The lowest BCUT2D eigenvalue weighted by atomic mass is 10.1. The molecule has 2 aliphatic heterocycles. The number of hydrogen-bond donors (Lipinski definition) is 0. The molecule has 3 heterocycles. The molecule has 1 aromatic carbocycles. The van der Waals surface area contributed by atoms with E-state index in [4.69, 9.17) is 0 Å². The van der Waals surface area contributed by atoms with Crippen LogP contribution in [0.4, 0.5) is 19.0 Å². The van der Waals surface area contributed by atoms with Crippen molar-refractivity contribution in [1.29, 1.82) is 0 Å². The van der Waals surface area contributed by atoms with Crippen LogP contribution in [0.1, 0.15) is 40.7 Å². The average Bonchev–Trinajstić information content (AvgIpc) is 2.79. The zero-order chi connectivity index (χ0) is 21.8. The van der Waals surface area contributed by atoms with Gasteiger partial charge in [-0.2, -0.15) is 13.2 Å². The highest BCUT2D eigenvalue weighted by Gasteiger charge is 2.31. The summed E-state index contributed by atoms with van der Waals surface area (Å²) in [6, 6.07) is 10.3. The van der Waals surface area contributed by atoms with Crippen LogP contribution in [0.15, 0.2) is 42.6 Å². The number of rotatable bonds is 4. The number of carbonyl (C=O) groups is 1. The van der Waals surface area contributed by atoms with E-state index >= 15 is 0 Å². The highest BCUT2D eigenvalue weighted by atomic mass is 19.4. The monoisotopic (exact) mass is 432 g/mol. The first-order valence-electron chi connectivity index (χ1n) is 10.8. The van der Waals surface area contributed by atoms with Crippen molar-refractivity contribution in [3.05, 3.63) is 59.3 Å². The van der Waals surface area contributed by atoms with Crippen LogP contribution < -0.4 is 4.90 Å². The summed E-state index contributed by atoms with van der Waals surface area (Å²) in [5.74, 6) is 0.492. The number of benzene rings is 1. The number of piperazine rings is 1. The second-order valence-corrected chi connectivity index (χ2v) is 8.22. The third-order valence-corrected chi connectivity index (χ3v) is 6.02. The van der Waals surface area contributed by atoms with Gasteiger partial charge in [-0.05, 0) is 55.8 Å². The summed E-state index contributed by atoms with van der Waals surface area (Å²) in [4.78, 5) is 23.0. The molecule has 8 heteroatoms. The summed E-state index contributed by atoms with van der Waals surface area (Å²) < 4.78 is 38.1. The molecule has 1 amide bonds. The van der Waals surface area contributed by atoms with Gasteiger partial charge < -0.3 is 9.80 Å². The molecule has 2 aromatic rings. The number of nitrogens with zero attached hydrogens (tertiary/aromatic N) is 4. The molecule has 0 aliphatic carbocycles. The predicted octanol–water partition coefficient (Wildman–Crippen LogP) is 4.05. The van der Waals surface area contributed by atoms with Crippen LogP contribution in [-0.2, 0) is 12.7 Å². The topological polar surface area (TPSA) is 39.7 Å². The fourth-order valence-corrected chi connectivity index (χ4v) is 4.19. The molecule has 166 valence electrons. The van der Waals surface area contributed by atoms with Crippen molar-refractivity contribution in [3.8, 4) is 0 Å². The van der Waals surface area contributed by atoms with Gasteiger partial charge in [-0.15, -0.1) is 0 Å². The maximum absolute atomic E-state index is 12.9. The number of pyridine rings is 1. The number of likely N-dealkylation sites (tertiary alicyclic amines) is 1. The third-order valence-electron chi connectivity index (χ3n) is 6.02. The van der Waals surface area contributed by atoms with Crippen LogP contribution in [0.3, 0.4) is 0 Å². The molecule has 0 radical (unpaired) electrons. The van der Waals surface area contributed by atoms with E-state index in [0.29, 0.717) is 37.6 Å². The lowest BCUT2D eigenvalue weighted by Crippen LogP contribution is -2.49. The lowest BCUT2D eigenvalue weighted by Gasteiger charge is -2.35. The highest BCUT2D eigenvalue weighted by Crippen LogP contribution is 2.29. The Kier molecular flexibility index (Phi) is 6.46. The molecule has 2 fully saturated rings. The van der Waals surface area contributed by atoms with Gasteiger partial charge in [0, 0.05) is 44.5 Å². The van der Waals surface area contributed by atoms with Gasteiger partial charge in [0.25, 0.3) is 5.91 Å². The fourth-order valence-electron chi connectivity index (χ4n) is 4.19. The van der Waals surface area contributed by atoms with Crippen LogP contribution in [0.2, 0.25) is 0 Å². The predicted molar refractivity (Wildman–Crippen MR) is 113 cm³/mol. The lowest BCUT2D eigenvalue weighted by molar-refractivity contribution is -0.137. The van der Waals surface area contributed by atoms with Gasteiger partial charge in [0.1, 0.15) is 5.82 Å². The molecule has 4 rings (SSSR count). The minimum absolute atomic E-state index is 0.00967. The van der Waals surface area contributed by atoms with Crippen molar-refractivity contribution in [2.45, 2.75) is 32.0 Å². The quantitative estimate of drug-likeness (QED) is 0.731. The van der Waals surface area contributed by atoms with E-state index in [-0.39, 0.29) is 5.91 Å². The van der Waals surface area contributed by atoms with E-state index < -0.39 is 11.7 Å². The highest BCUT2D eigenvalue weighted by molar-refractivity contribution is 5.94. The van der Waals surface area contributed by atoms with Gasteiger partial charge in [-0.25, -0.2) is 4.98 Å². The number of aromatic nitrogens is 1. The summed E-state index contributed by atoms with van der Waals surface area (Å²) in [7, 11) is 0. The van der Waals surface area contributed by atoms with E-state index in [2.05, 4.69) is 9.88 Å². The van der Waals surface area contributed by atoms with Crippen LogP contribution in [0.25, 0.3) is 0 Å². The Bertz CT molecular complexity index is 869. The average molecular weight is 432 g/mol. The molecular weight excluding hydrogens is 405 g/mol. The van der Waals surface area contributed by atoms with Crippen molar-refractivity contribution in [2.24, 2.45) is 0 Å². The molecule has 31 heavy (non-hydrogen) atoms. The number of hydrogen-bond acceptors (Lipinski definition) is 4. The molecule has 0 spiro atoms. The summed E-state index contributed by atoms with van der Waals surface area (Å²) in [6.45, 7) is 5.30. The second-order valence-electron chi connectivity index (χ2n) is 8.22. The minimum atomic E-state index is -4.39. The minimum Gasteiger partial charge on any atom is -0.353 e. The van der Waals surface area contributed by atoms with Gasteiger partial charge in [-0.3, -0.25) is 9.69 Å². The maximum atomic E-state index is 12.9. The Balaban J connectivity index is 1.30. The summed E-state index contributed by atoms with van der Waals surface area (Å²) >= 11 is 0. The first-order valence-corrected chi connectivity index (χ1v) is 10.8. The van der Waals surface area contributed by atoms with E-state index in [1.165, 1.54) is 30.9 Å². The molecule has 0 unspecified atom stereocenters. The van der Waals surface area contributed by atoms with E-state index in [1.807, 2.05) is 29.2 Å². The van der Waals surface area contributed by atoms with Crippen LogP contribution in [-0.4, -0.2) is 60.0 Å². The fraction of sp³-hybridized carbons (Fsp3) is 0.478. The Morgan fingerprint density at radius 2 is 1.55 bits per heavy atom. The van der Waals surface area contributed by atoms with Crippen molar-refractivity contribution >= 4 is 11.7 Å². The number of carbonyl (C=O) groups excluding carboxylic acids is 1. The normalized spacial score (nSPS) is 18.3. The van der Waals surface area contributed by atoms with Gasteiger partial charge in [-0.1, -0.05) is 18.6 Å². The Morgan fingerprint density at radius 3 is 2.13 bits per heavy atom. The van der Waals surface area contributed by atoms with Gasteiger partial charge in [0.05, 0.1) is 5.56 Å². The Labute approximate surface area is 180 Å². The number of amides is 1. The number of anilines is 1. The molecule has 2 saturated heterocycles. The van der Waals surface area contributed by atoms with E-state index in [1.54, 1.807) is 4.90 Å².